The predicted octanol–water partition coefficient (Wildman–Crippen LogP) is 3.41. The van der Waals surface area contributed by atoms with Gasteiger partial charge in [-0.3, -0.25) is 4.79 Å². The van der Waals surface area contributed by atoms with E-state index in [2.05, 4.69) is 21.2 Å². The molecule has 0 spiro atoms. The molecular formula is C15H12BrNO4. The second-order valence-electron chi connectivity index (χ2n) is 4.43. The maximum Gasteiger partial charge on any atom is 0.335 e. The highest BCUT2D eigenvalue weighted by Crippen LogP contribution is 2.27. The molecule has 1 amide bonds. The highest BCUT2D eigenvalue weighted by molar-refractivity contribution is 9.10. The number of carboxylic acids is 1. The lowest BCUT2D eigenvalue weighted by Crippen LogP contribution is -2.13. The molecule has 2 rings (SSSR count). The minimum Gasteiger partial charge on any atom is -0.506 e. The van der Waals surface area contributed by atoms with Crippen LogP contribution in [0.2, 0.25) is 0 Å². The van der Waals surface area contributed by atoms with E-state index in [1.807, 2.05) is 13.0 Å². The highest BCUT2D eigenvalue weighted by atomic mass is 79.9. The molecule has 0 aliphatic rings. The quantitative estimate of drug-likeness (QED) is 0.741. The SMILES string of the molecule is Cc1cccc(C(=O)Nc2cc(C(=O)O)ccc2O)c1Br. The van der Waals surface area contributed by atoms with E-state index in [4.69, 9.17) is 5.11 Å². The van der Waals surface area contributed by atoms with Gasteiger partial charge in [0, 0.05) is 4.47 Å². The molecule has 0 aliphatic carbocycles. The number of carbonyl (C=O) groups excluding carboxylic acids is 1. The molecule has 3 N–H and O–H groups in total. The van der Waals surface area contributed by atoms with Crippen LogP contribution in [0.3, 0.4) is 0 Å². The lowest BCUT2D eigenvalue weighted by atomic mass is 10.1. The van der Waals surface area contributed by atoms with E-state index in [0.29, 0.717) is 10.0 Å². The summed E-state index contributed by atoms with van der Waals surface area (Å²) in [5.74, 6) is -1.78. The van der Waals surface area contributed by atoms with Crippen LogP contribution in [0.5, 0.6) is 5.75 Å². The monoisotopic (exact) mass is 349 g/mol. The van der Waals surface area contributed by atoms with Crippen LogP contribution >= 0.6 is 15.9 Å². The molecule has 108 valence electrons. The summed E-state index contributed by atoms with van der Waals surface area (Å²) in [4.78, 5) is 23.1. The summed E-state index contributed by atoms with van der Waals surface area (Å²) in [5.41, 5.74) is 1.32. The summed E-state index contributed by atoms with van der Waals surface area (Å²) < 4.78 is 0.649. The third-order valence-electron chi connectivity index (χ3n) is 2.93. The topological polar surface area (TPSA) is 86.6 Å². The Morgan fingerprint density at radius 2 is 1.90 bits per heavy atom. The van der Waals surface area contributed by atoms with E-state index in [0.717, 1.165) is 5.56 Å². The van der Waals surface area contributed by atoms with Crippen molar-refractivity contribution in [3.63, 3.8) is 0 Å². The molecule has 0 unspecified atom stereocenters. The fourth-order valence-corrected chi connectivity index (χ4v) is 2.23. The summed E-state index contributed by atoms with van der Waals surface area (Å²) in [5, 5.41) is 21.2. The van der Waals surface area contributed by atoms with E-state index >= 15 is 0 Å². The molecule has 0 saturated carbocycles. The molecule has 21 heavy (non-hydrogen) atoms. The summed E-state index contributed by atoms with van der Waals surface area (Å²) >= 11 is 3.33. The van der Waals surface area contributed by atoms with Gasteiger partial charge >= 0.3 is 5.97 Å². The number of phenols is 1. The average Bonchev–Trinajstić information content (AvgIpc) is 2.43. The van der Waals surface area contributed by atoms with Gasteiger partial charge in [0.2, 0.25) is 0 Å². The zero-order valence-corrected chi connectivity index (χ0v) is 12.6. The number of rotatable bonds is 3. The van der Waals surface area contributed by atoms with Crippen LogP contribution in [-0.4, -0.2) is 22.1 Å². The number of carbonyl (C=O) groups is 2. The maximum atomic E-state index is 12.2. The Morgan fingerprint density at radius 3 is 2.57 bits per heavy atom. The number of hydrogen-bond acceptors (Lipinski definition) is 3. The second-order valence-corrected chi connectivity index (χ2v) is 5.22. The first-order valence-electron chi connectivity index (χ1n) is 6.03. The van der Waals surface area contributed by atoms with Crippen LogP contribution in [0.25, 0.3) is 0 Å². The van der Waals surface area contributed by atoms with Crippen LogP contribution in [0, 0.1) is 6.92 Å². The fourth-order valence-electron chi connectivity index (χ4n) is 1.78. The molecule has 2 aromatic carbocycles. The molecule has 0 bridgehead atoms. The van der Waals surface area contributed by atoms with Crippen molar-refractivity contribution in [3.8, 4) is 5.75 Å². The van der Waals surface area contributed by atoms with Gasteiger partial charge in [0.05, 0.1) is 16.8 Å². The first-order chi connectivity index (χ1) is 9.90. The molecule has 0 atom stereocenters. The van der Waals surface area contributed by atoms with E-state index in [9.17, 15) is 14.7 Å². The number of nitrogens with one attached hydrogen (secondary N) is 1. The molecule has 6 heteroatoms. The van der Waals surface area contributed by atoms with Gasteiger partial charge in [-0.05, 0) is 52.7 Å². The van der Waals surface area contributed by atoms with Crippen LogP contribution in [0.15, 0.2) is 40.9 Å². The first-order valence-corrected chi connectivity index (χ1v) is 6.82. The Hall–Kier alpha value is -2.34. The van der Waals surface area contributed by atoms with Crippen LogP contribution in [0.4, 0.5) is 5.69 Å². The van der Waals surface area contributed by atoms with Crippen molar-refractivity contribution in [2.45, 2.75) is 6.92 Å². The summed E-state index contributed by atoms with van der Waals surface area (Å²) in [6, 6.07) is 8.91. The van der Waals surface area contributed by atoms with Gasteiger partial charge in [0.1, 0.15) is 5.75 Å². The predicted molar refractivity (Wildman–Crippen MR) is 81.9 cm³/mol. The van der Waals surface area contributed by atoms with Crippen LogP contribution in [-0.2, 0) is 0 Å². The summed E-state index contributed by atoms with van der Waals surface area (Å²) in [6.07, 6.45) is 0. The fraction of sp³-hybridized carbons (Fsp3) is 0.0667. The average molecular weight is 350 g/mol. The maximum absolute atomic E-state index is 12.2. The van der Waals surface area contributed by atoms with Gasteiger partial charge in [-0.15, -0.1) is 0 Å². The molecule has 0 heterocycles. The molecule has 2 aromatic rings. The summed E-state index contributed by atoms with van der Waals surface area (Å²) in [7, 11) is 0. The molecular weight excluding hydrogens is 338 g/mol. The van der Waals surface area contributed by atoms with Crippen LogP contribution in [0.1, 0.15) is 26.3 Å². The molecule has 0 aromatic heterocycles. The number of halogens is 1. The lowest BCUT2D eigenvalue weighted by molar-refractivity contribution is 0.0696. The largest absolute Gasteiger partial charge is 0.506 e. The van der Waals surface area contributed by atoms with Crippen molar-refractivity contribution in [2.75, 3.05) is 5.32 Å². The van der Waals surface area contributed by atoms with Crippen molar-refractivity contribution < 1.29 is 19.8 Å². The number of hydrogen-bond donors (Lipinski definition) is 3. The molecule has 5 nitrogen and oxygen atoms in total. The standard InChI is InChI=1S/C15H12BrNO4/c1-8-3-2-4-10(13(8)16)14(19)17-11-7-9(15(20)21)5-6-12(11)18/h2-7,18H,1H3,(H,17,19)(H,20,21). The number of benzene rings is 2. The zero-order valence-electron chi connectivity index (χ0n) is 11.1. The molecule has 0 aliphatic heterocycles. The van der Waals surface area contributed by atoms with Crippen molar-refractivity contribution >= 4 is 33.5 Å². The van der Waals surface area contributed by atoms with Gasteiger partial charge in [0.25, 0.3) is 5.91 Å². The van der Waals surface area contributed by atoms with E-state index < -0.39 is 11.9 Å². The van der Waals surface area contributed by atoms with E-state index in [1.165, 1.54) is 18.2 Å². The minimum atomic E-state index is -1.14. The van der Waals surface area contributed by atoms with Crippen LogP contribution < -0.4 is 5.32 Å². The number of carboxylic acid groups (broad SMARTS) is 1. The zero-order chi connectivity index (χ0) is 15.6. The minimum absolute atomic E-state index is 0.0218. The van der Waals surface area contributed by atoms with Gasteiger partial charge < -0.3 is 15.5 Å². The number of anilines is 1. The first kappa shape index (κ1) is 15.1. The van der Waals surface area contributed by atoms with Gasteiger partial charge in [0.15, 0.2) is 0 Å². The molecule has 0 radical (unpaired) electrons. The number of aryl methyl sites for hydroxylation is 1. The Labute approximate surface area is 129 Å². The van der Waals surface area contributed by atoms with E-state index in [1.54, 1.807) is 12.1 Å². The smallest absolute Gasteiger partial charge is 0.335 e. The third kappa shape index (κ3) is 3.22. The number of phenolic OH excluding ortho intramolecular Hbond substituents is 1. The van der Waals surface area contributed by atoms with Gasteiger partial charge in [-0.1, -0.05) is 12.1 Å². The van der Waals surface area contributed by atoms with Gasteiger partial charge in [-0.25, -0.2) is 4.79 Å². The van der Waals surface area contributed by atoms with Crippen molar-refractivity contribution in [3.05, 3.63) is 57.6 Å². The molecule has 0 fully saturated rings. The van der Waals surface area contributed by atoms with Gasteiger partial charge in [-0.2, -0.15) is 0 Å². The Balaban J connectivity index is 2.33. The highest BCUT2D eigenvalue weighted by Gasteiger charge is 2.14. The molecule has 0 saturated heterocycles. The third-order valence-corrected chi connectivity index (χ3v) is 3.98. The number of aromatic carboxylic acids is 1. The number of aromatic hydroxyl groups is 1. The van der Waals surface area contributed by atoms with Crippen molar-refractivity contribution in [2.24, 2.45) is 0 Å². The Morgan fingerprint density at radius 1 is 1.19 bits per heavy atom. The summed E-state index contributed by atoms with van der Waals surface area (Å²) in [6.45, 7) is 1.85. The van der Waals surface area contributed by atoms with E-state index in [-0.39, 0.29) is 17.0 Å². The van der Waals surface area contributed by atoms with Crippen molar-refractivity contribution in [1.82, 2.24) is 0 Å². The Bertz CT molecular complexity index is 728. The van der Waals surface area contributed by atoms with Crippen molar-refractivity contribution in [1.29, 1.82) is 0 Å². The second kappa shape index (κ2) is 5.97. The number of amides is 1. The Kier molecular flexibility index (Phi) is 4.28. The normalized spacial score (nSPS) is 10.2. The lowest BCUT2D eigenvalue weighted by Gasteiger charge is -2.10.